The predicted molar refractivity (Wildman–Crippen MR) is 106 cm³/mol. The molecule has 0 fully saturated rings. The number of carbonyl (C=O) groups is 1. The van der Waals surface area contributed by atoms with Crippen molar-refractivity contribution >= 4 is 44.6 Å². The second-order valence-corrected chi connectivity index (χ2v) is 7.20. The van der Waals surface area contributed by atoms with Gasteiger partial charge >= 0.3 is 0 Å². The third-order valence-corrected chi connectivity index (χ3v) is 5.57. The fraction of sp³-hybridized carbons (Fsp3) is 0.158. The molecule has 0 unspecified atom stereocenters. The van der Waals surface area contributed by atoms with E-state index in [0.717, 1.165) is 21.2 Å². The Morgan fingerprint density at radius 3 is 2.77 bits per heavy atom. The fourth-order valence-electron chi connectivity index (χ4n) is 2.47. The molecule has 0 aliphatic heterocycles. The molecule has 0 saturated carbocycles. The predicted octanol–water partition coefficient (Wildman–Crippen LogP) is 4.73. The normalized spacial score (nSPS) is 11.6. The van der Waals surface area contributed by atoms with Crippen molar-refractivity contribution in [2.75, 3.05) is 7.11 Å². The van der Waals surface area contributed by atoms with Gasteiger partial charge in [-0.25, -0.2) is 5.43 Å². The van der Waals surface area contributed by atoms with Crippen LogP contribution in [0.3, 0.4) is 0 Å². The second-order valence-electron chi connectivity index (χ2n) is 5.77. The van der Waals surface area contributed by atoms with Crippen molar-refractivity contribution in [2.45, 2.75) is 13.8 Å². The average Bonchev–Trinajstić information content (AvgIpc) is 2.95. The molecule has 0 saturated heterocycles. The van der Waals surface area contributed by atoms with Gasteiger partial charge < -0.3 is 9.84 Å². The number of halogens is 1. The molecule has 0 bridgehead atoms. The van der Waals surface area contributed by atoms with E-state index in [1.54, 1.807) is 19.1 Å². The van der Waals surface area contributed by atoms with E-state index in [-0.39, 0.29) is 11.7 Å². The standard InChI is InChI=1S/C19H17ClN2O3S/c1-10-4-6-13-16(8-10)26-18(17(13)20)19(24)22-21-11(2)12-5-7-14(23)15(9-12)25-3/h4-9,23H,1-3H3,(H,22,24)/b21-11+. The highest BCUT2D eigenvalue weighted by atomic mass is 35.5. The van der Waals surface area contributed by atoms with Crippen LogP contribution in [-0.2, 0) is 0 Å². The molecule has 0 aliphatic carbocycles. The van der Waals surface area contributed by atoms with Crippen molar-refractivity contribution in [1.82, 2.24) is 5.43 Å². The molecule has 2 N–H and O–H groups in total. The molecule has 0 spiro atoms. The number of phenols is 1. The molecule has 1 amide bonds. The van der Waals surface area contributed by atoms with E-state index in [4.69, 9.17) is 16.3 Å². The van der Waals surface area contributed by atoms with E-state index in [1.807, 2.05) is 25.1 Å². The number of amides is 1. The average molecular weight is 389 g/mol. The third-order valence-electron chi connectivity index (χ3n) is 3.91. The van der Waals surface area contributed by atoms with Crippen LogP contribution in [0, 0.1) is 6.92 Å². The van der Waals surface area contributed by atoms with Crippen LogP contribution < -0.4 is 10.2 Å². The number of fused-ring (bicyclic) bond motifs is 1. The Hall–Kier alpha value is -2.57. The number of nitrogens with zero attached hydrogens (tertiary/aromatic N) is 1. The number of hydrogen-bond acceptors (Lipinski definition) is 5. The highest BCUT2D eigenvalue weighted by Crippen LogP contribution is 2.35. The Bertz CT molecular complexity index is 1030. The quantitative estimate of drug-likeness (QED) is 0.501. The van der Waals surface area contributed by atoms with Gasteiger partial charge in [0.25, 0.3) is 5.91 Å². The van der Waals surface area contributed by atoms with Gasteiger partial charge in [-0.05, 0) is 43.7 Å². The van der Waals surface area contributed by atoms with E-state index in [9.17, 15) is 9.90 Å². The first-order valence-corrected chi connectivity index (χ1v) is 9.01. The maximum atomic E-state index is 12.5. The molecule has 134 valence electrons. The van der Waals surface area contributed by atoms with Gasteiger partial charge in [0.1, 0.15) is 4.88 Å². The Kier molecular flexibility index (Phi) is 5.15. The summed E-state index contributed by atoms with van der Waals surface area (Å²) in [6, 6.07) is 10.7. The van der Waals surface area contributed by atoms with Crippen molar-refractivity contribution < 1.29 is 14.6 Å². The second kappa shape index (κ2) is 7.35. The molecular weight excluding hydrogens is 372 g/mol. The lowest BCUT2D eigenvalue weighted by atomic mass is 10.1. The van der Waals surface area contributed by atoms with Crippen LogP contribution >= 0.6 is 22.9 Å². The number of rotatable bonds is 4. The molecule has 1 aromatic heterocycles. The first-order chi connectivity index (χ1) is 12.4. The first-order valence-electron chi connectivity index (χ1n) is 7.81. The number of hydrogen-bond donors (Lipinski definition) is 2. The zero-order valence-corrected chi connectivity index (χ0v) is 16.0. The largest absolute Gasteiger partial charge is 0.504 e. The minimum atomic E-state index is -0.362. The highest BCUT2D eigenvalue weighted by Gasteiger charge is 2.17. The summed E-state index contributed by atoms with van der Waals surface area (Å²) in [7, 11) is 1.47. The summed E-state index contributed by atoms with van der Waals surface area (Å²) < 4.78 is 6.04. The Morgan fingerprint density at radius 1 is 1.27 bits per heavy atom. The van der Waals surface area contributed by atoms with Crippen molar-refractivity contribution in [3.05, 3.63) is 57.4 Å². The summed E-state index contributed by atoms with van der Waals surface area (Å²) in [6.07, 6.45) is 0. The van der Waals surface area contributed by atoms with E-state index < -0.39 is 0 Å². The lowest BCUT2D eigenvalue weighted by molar-refractivity contribution is 0.0959. The zero-order chi connectivity index (χ0) is 18.8. The number of ether oxygens (including phenoxy) is 1. The monoisotopic (exact) mass is 388 g/mol. The van der Waals surface area contributed by atoms with Gasteiger partial charge in [0.2, 0.25) is 0 Å². The number of aryl methyl sites for hydroxylation is 1. The molecule has 3 rings (SSSR count). The van der Waals surface area contributed by atoms with Crippen molar-refractivity contribution in [1.29, 1.82) is 0 Å². The number of carbonyl (C=O) groups excluding carboxylic acids is 1. The fourth-order valence-corrected chi connectivity index (χ4v) is 3.98. The molecule has 7 heteroatoms. The molecule has 0 atom stereocenters. The summed E-state index contributed by atoms with van der Waals surface area (Å²) >= 11 is 7.69. The van der Waals surface area contributed by atoms with Gasteiger partial charge in [0.15, 0.2) is 11.5 Å². The van der Waals surface area contributed by atoms with Crippen LogP contribution in [0.5, 0.6) is 11.5 Å². The number of hydrazone groups is 1. The van der Waals surface area contributed by atoms with Crippen molar-refractivity contribution in [3.63, 3.8) is 0 Å². The minimum absolute atomic E-state index is 0.0421. The number of thiophene rings is 1. The molecule has 0 radical (unpaired) electrons. The third kappa shape index (κ3) is 3.52. The Morgan fingerprint density at radius 2 is 2.04 bits per heavy atom. The molecule has 2 aromatic carbocycles. The maximum absolute atomic E-state index is 12.5. The lowest BCUT2D eigenvalue weighted by Gasteiger charge is -2.06. The van der Waals surface area contributed by atoms with Gasteiger partial charge in [0.05, 0.1) is 17.8 Å². The molecule has 3 aromatic rings. The summed E-state index contributed by atoms with van der Waals surface area (Å²) in [5.41, 5.74) is 4.94. The van der Waals surface area contributed by atoms with Crippen LogP contribution in [0.15, 0.2) is 41.5 Å². The van der Waals surface area contributed by atoms with Crippen LogP contribution in [0.25, 0.3) is 10.1 Å². The minimum Gasteiger partial charge on any atom is -0.504 e. The smallest absolute Gasteiger partial charge is 0.283 e. The SMILES string of the molecule is COc1cc(/C(C)=N/NC(=O)c2sc3cc(C)ccc3c2Cl)ccc1O. The van der Waals surface area contributed by atoms with Crippen LogP contribution in [0.4, 0.5) is 0 Å². The summed E-state index contributed by atoms with van der Waals surface area (Å²) in [4.78, 5) is 12.9. The molecule has 0 aliphatic rings. The molecule has 26 heavy (non-hydrogen) atoms. The van der Waals surface area contributed by atoms with Crippen molar-refractivity contribution in [2.24, 2.45) is 5.10 Å². The zero-order valence-electron chi connectivity index (χ0n) is 14.5. The van der Waals surface area contributed by atoms with E-state index in [1.165, 1.54) is 24.5 Å². The van der Waals surface area contributed by atoms with E-state index in [0.29, 0.717) is 21.4 Å². The molecule has 1 heterocycles. The van der Waals surface area contributed by atoms with Crippen molar-refractivity contribution in [3.8, 4) is 11.5 Å². The molecular formula is C19H17ClN2O3S. The van der Waals surface area contributed by atoms with Crippen LogP contribution in [-0.4, -0.2) is 23.8 Å². The number of nitrogens with one attached hydrogen (secondary N) is 1. The van der Waals surface area contributed by atoms with E-state index >= 15 is 0 Å². The lowest BCUT2D eigenvalue weighted by Crippen LogP contribution is -2.18. The van der Waals surface area contributed by atoms with E-state index in [2.05, 4.69) is 10.5 Å². The Balaban J connectivity index is 1.84. The van der Waals surface area contributed by atoms with Gasteiger partial charge in [0, 0.05) is 15.6 Å². The number of methoxy groups -OCH3 is 1. The van der Waals surface area contributed by atoms with Gasteiger partial charge in [-0.3, -0.25) is 4.79 Å². The molecule has 5 nitrogen and oxygen atoms in total. The number of aromatic hydroxyl groups is 1. The van der Waals surface area contributed by atoms with Crippen LogP contribution in [0.1, 0.15) is 27.7 Å². The summed E-state index contributed by atoms with van der Waals surface area (Å²) in [5.74, 6) is 0.0191. The first kappa shape index (κ1) is 18.2. The summed E-state index contributed by atoms with van der Waals surface area (Å²) in [6.45, 7) is 3.74. The highest BCUT2D eigenvalue weighted by molar-refractivity contribution is 7.21. The summed E-state index contributed by atoms with van der Waals surface area (Å²) in [5, 5.41) is 15.1. The Labute approximate surface area is 159 Å². The maximum Gasteiger partial charge on any atom is 0.283 e. The topological polar surface area (TPSA) is 70.9 Å². The van der Waals surface area contributed by atoms with Gasteiger partial charge in [-0.2, -0.15) is 5.10 Å². The van der Waals surface area contributed by atoms with Crippen LogP contribution in [0.2, 0.25) is 5.02 Å². The van der Waals surface area contributed by atoms with Gasteiger partial charge in [-0.1, -0.05) is 23.7 Å². The number of phenolic OH excluding ortho intramolecular Hbond substituents is 1. The number of benzene rings is 2. The van der Waals surface area contributed by atoms with Gasteiger partial charge in [-0.15, -0.1) is 11.3 Å².